The lowest BCUT2D eigenvalue weighted by atomic mass is 10.3. The van der Waals surface area contributed by atoms with Gasteiger partial charge in [0.1, 0.15) is 5.69 Å². The minimum Gasteiger partial charge on any atom is -0.346 e. The van der Waals surface area contributed by atoms with Crippen LogP contribution >= 0.6 is 11.3 Å². The smallest absolute Gasteiger partial charge is 0.271 e. The number of para-hydroxylation sites is 1. The fraction of sp³-hybridized carbons (Fsp3) is 0.0714. The van der Waals surface area contributed by atoms with Gasteiger partial charge in [0.2, 0.25) is 0 Å². The van der Waals surface area contributed by atoms with Crippen LogP contribution in [-0.4, -0.2) is 20.7 Å². The summed E-state index contributed by atoms with van der Waals surface area (Å²) in [4.78, 5) is 15.7. The van der Waals surface area contributed by atoms with E-state index in [1.54, 1.807) is 21.8 Å². The Morgan fingerprint density at radius 3 is 2.90 bits per heavy atom. The van der Waals surface area contributed by atoms with Gasteiger partial charge >= 0.3 is 0 Å². The van der Waals surface area contributed by atoms with Crippen LogP contribution in [0, 0.1) is 0 Å². The molecule has 6 heteroatoms. The van der Waals surface area contributed by atoms with E-state index in [9.17, 15) is 4.79 Å². The maximum absolute atomic E-state index is 11.8. The molecular weight excluding hydrogens is 272 g/mol. The van der Waals surface area contributed by atoms with Gasteiger partial charge in [-0.25, -0.2) is 9.67 Å². The van der Waals surface area contributed by atoms with E-state index in [-0.39, 0.29) is 5.91 Å². The molecule has 0 saturated heterocycles. The van der Waals surface area contributed by atoms with Gasteiger partial charge in [-0.1, -0.05) is 18.2 Å². The summed E-state index contributed by atoms with van der Waals surface area (Å²) in [5, 5.41) is 8.82. The number of nitrogens with one attached hydrogen (secondary N) is 1. The van der Waals surface area contributed by atoms with Crippen molar-refractivity contribution in [1.82, 2.24) is 20.1 Å². The molecule has 0 fully saturated rings. The zero-order valence-electron chi connectivity index (χ0n) is 10.6. The molecule has 100 valence electrons. The van der Waals surface area contributed by atoms with Gasteiger partial charge < -0.3 is 5.32 Å². The Balaban J connectivity index is 1.65. The van der Waals surface area contributed by atoms with Crippen molar-refractivity contribution in [1.29, 1.82) is 0 Å². The monoisotopic (exact) mass is 284 g/mol. The van der Waals surface area contributed by atoms with Gasteiger partial charge in [0.05, 0.1) is 17.4 Å². The van der Waals surface area contributed by atoms with E-state index in [4.69, 9.17) is 0 Å². The van der Waals surface area contributed by atoms with Gasteiger partial charge in [0.15, 0.2) is 0 Å². The Morgan fingerprint density at radius 1 is 1.30 bits per heavy atom. The molecule has 0 bridgehead atoms. The third kappa shape index (κ3) is 2.75. The third-order valence-electron chi connectivity index (χ3n) is 2.77. The molecule has 5 nitrogen and oxygen atoms in total. The molecule has 1 N–H and O–H groups in total. The van der Waals surface area contributed by atoms with Crippen LogP contribution in [0.25, 0.3) is 5.69 Å². The van der Waals surface area contributed by atoms with Crippen LogP contribution < -0.4 is 5.32 Å². The number of hydrogen-bond donors (Lipinski definition) is 1. The molecule has 0 spiro atoms. The van der Waals surface area contributed by atoms with Crippen LogP contribution in [0.2, 0.25) is 0 Å². The van der Waals surface area contributed by atoms with Crippen LogP contribution in [0.3, 0.4) is 0 Å². The first kappa shape index (κ1) is 12.6. The first-order chi connectivity index (χ1) is 9.83. The maximum Gasteiger partial charge on any atom is 0.271 e. The Labute approximate surface area is 119 Å². The molecule has 2 aromatic heterocycles. The molecule has 0 aliphatic carbocycles. The van der Waals surface area contributed by atoms with Crippen LogP contribution in [-0.2, 0) is 6.54 Å². The summed E-state index contributed by atoms with van der Waals surface area (Å²) in [5.74, 6) is -0.168. The number of carbonyl (C=O) groups is 1. The second kappa shape index (κ2) is 5.66. The van der Waals surface area contributed by atoms with Crippen LogP contribution in [0.4, 0.5) is 0 Å². The summed E-state index contributed by atoms with van der Waals surface area (Å²) in [6.07, 6.45) is 3.64. The summed E-state index contributed by atoms with van der Waals surface area (Å²) in [6.45, 7) is 0.434. The molecule has 1 aromatic carbocycles. The van der Waals surface area contributed by atoms with Crippen LogP contribution in [0.5, 0.6) is 0 Å². The number of benzene rings is 1. The highest BCUT2D eigenvalue weighted by Crippen LogP contribution is 2.08. The van der Waals surface area contributed by atoms with Crippen LogP contribution in [0.1, 0.15) is 16.1 Å². The average Bonchev–Trinajstić information content (AvgIpc) is 3.17. The van der Waals surface area contributed by atoms with Crippen molar-refractivity contribution < 1.29 is 4.79 Å². The number of thiazole rings is 1. The lowest BCUT2D eigenvalue weighted by molar-refractivity contribution is 0.0946. The Bertz CT molecular complexity index is 691. The van der Waals surface area contributed by atoms with E-state index < -0.39 is 0 Å². The quantitative estimate of drug-likeness (QED) is 0.799. The normalized spacial score (nSPS) is 10.4. The minimum atomic E-state index is -0.168. The Kier molecular flexibility index (Phi) is 3.56. The van der Waals surface area contributed by atoms with Gasteiger partial charge in [-0.3, -0.25) is 4.79 Å². The van der Waals surface area contributed by atoms with Crippen molar-refractivity contribution in [2.75, 3.05) is 0 Å². The molecular formula is C14H12N4OS. The topological polar surface area (TPSA) is 59.8 Å². The van der Waals surface area contributed by atoms with Crippen molar-refractivity contribution in [3.05, 3.63) is 64.9 Å². The fourth-order valence-corrected chi connectivity index (χ4v) is 2.30. The van der Waals surface area contributed by atoms with E-state index in [1.165, 1.54) is 11.3 Å². The molecule has 0 unspecified atom stereocenters. The van der Waals surface area contributed by atoms with E-state index >= 15 is 0 Å². The van der Waals surface area contributed by atoms with Crippen molar-refractivity contribution in [3.8, 4) is 5.69 Å². The van der Waals surface area contributed by atoms with Gasteiger partial charge in [0.25, 0.3) is 5.91 Å². The predicted molar refractivity (Wildman–Crippen MR) is 76.8 cm³/mol. The molecule has 0 aliphatic rings. The number of carbonyl (C=O) groups excluding carboxylic acids is 1. The molecule has 0 atom stereocenters. The lowest BCUT2D eigenvalue weighted by Crippen LogP contribution is -2.22. The first-order valence-electron chi connectivity index (χ1n) is 6.08. The lowest BCUT2D eigenvalue weighted by Gasteiger charge is -2.01. The SMILES string of the molecule is O=C(NCc1cnn(-c2ccccc2)c1)c1cscn1. The van der Waals surface area contributed by atoms with E-state index in [1.807, 2.05) is 36.5 Å². The van der Waals surface area contributed by atoms with E-state index in [2.05, 4.69) is 15.4 Å². The average molecular weight is 284 g/mol. The minimum absolute atomic E-state index is 0.168. The highest BCUT2D eigenvalue weighted by Gasteiger charge is 2.07. The van der Waals surface area contributed by atoms with Gasteiger partial charge in [0, 0.05) is 23.7 Å². The largest absolute Gasteiger partial charge is 0.346 e. The molecule has 0 aliphatic heterocycles. The zero-order chi connectivity index (χ0) is 13.8. The molecule has 0 saturated carbocycles. The van der Waals surface area contributed by atoms with Crippen molar-refractivity contribution in [3.63, 3.8) is 0 Å². The highest BCUT2D eigenvalue weighted by atomic mass is 32.1. The van der Waals surface area contributed by atoms with Gasteiger partial charge in [-0.05, 0) is 12.1 Å². The summed E-state index contributed by atoms with van der Waals surface area (Å²) in [5.41, 5.74) is 4.02. The summed E-state index contributed by atoms with van der Waals surface area (Å²) in [6, 6.07) is 9.83. The third-order valence-corrected chi connectivity index (χ3v) is 3.36. The molecule has 0 radical (unpaired) electrons. The predicted octanol–water partition coefficient (Wildman–Crippen LogP) is 2.26. The second-order valence-electron chi connectivity index (χ2n) is 4.19. The molecule has 20 heavy (non-hydrogen) atoms. The van der Waals surface area contributed by atoms with Crippen molar-refractivity contribution >= 4 is 17.2 Å². The van der Waals surface area contributed by atoms with E-state index in [0.29, 0.717) is 12.2 Å². The number of aromatic nitrogens is 3. The number of amides is 1. The molecule has 3 rings (SSSR count). The summed E-state index contributed by atoms with van der Waals surface area (Å²) >= 11 is 1.40. The Hall–Kier alpha value is -2.47. The van der Waals surface area contributed by atoms with Crippen molar-refractivity contribution in [2.24, 2.45) is 0 Å². The number of rotatable bonds is 4. The van der Waals surface area contributed by atoms with Gasteiger partial charge in [-0.2, -0.15) is 5.10 Å². The summed E-state index contributed by atoms with van der Waals surface area (Å²) in [7, 11) is 0. The van der Waals surface area contributed by atoms with Gasteiger partial charge in [-0.15, -0.1) is 11.3 Å². The first-order valence-corrected chi connectivity index (χ1v) is 7.02. The fourth-order valence-electron chi connectivity index (χ4n) is 1.77. The summed E-state index contributed by atoms with van der Waals surface area (Å²) < 4.78 is 1.78. The highest BCUT2D eigenvalue weighted by molar-refractivity contribution is 7.07. The van der Waals surface area contributed by atoms with Crippen LogP contribution in [0.15, 0.2) is 53.6 Å². The zero-order valence-corrected chi connectivity index (χ0v) is 11.4. The molecule has 1 amide bonds. The van der Waals surface area contributed by atoms with E-state index in [0.717, 1.165) is 11.3 Å². The molecule has 3 aromatic rings. The second-order valence-corrected chi connectivity index (χ2v) is 4.90. The standard InChI is InChI=1S/C14H12N4OS/c19-14(13-9-20-10-16-13)15-6-11-7-17-18(8-11)12-4-2-1-3-5-12/h1-5,7-10H,6H2,(H,15,19). The number of nitrogens with zero attached hydrogens (tertiary/aromatic N) is 3. The van der Waals surface area contributed by atoms with Crippen molar-refractivity contribution in [2.45, 2.75) is 6.54 Å². The molecule has 2 heterocycles. The maximum atomic E-state index is 11.8. The Morgan fingerprint density at radius 2 is 2.15 bits per heavy atom. The number of hydrogen-bond acceptors (Lipinski definition) is 4.